The van der Waals surface area contributed by atoms with E-state index in [0.29, 0.717) is 0 Å². The summed E-state index contributed by atoms with van der Waals surface area (Å²) in [6.45, 7) is 3.03. The second-order valence-electron chi connectivity index (χ2n) is 4.81. The van der Waals surface area contributed by atoms with Gasteiger partial charge >= 0.3 is 0 Å². The van der Waals surface area contributed by atoms with Gasteiger partial charge in [-0.25, -0.2) is 4.98 Å². The van der Waals surface area contributed by atoms with Crippen molar-refractivity contribution in [3.8, 4) is 11.3 Å². The van der Waals surface area contributed by atoms with E-state index >= 15 is 0 Å². The molecule has 0 atom stereocenters. The molecule has 2 aromatic rings. The molecule has 21 heavy (non-hydrogen) atoms. The van der Waals surface area contributed by atoms with Crippen molar-refractivity contribution in [2.75, 3.05) is 11.9 Å². The molecule has 0 saturated carbocycles. The van der Waals surface area contributed by atoms with E-state index in [2.05, 4.69) is 33.1 Å². The average Bonchev–Trinajstić information content (AvgIpc) is 2.91. The maximum absolute atomic E-state index is 6.06. The Bertz CT molecular complexity index is 652. The van der Waals surface area contributed by atoms with E-state index in [1.54, 1.807) is 11.3 Å². The Balaban J connectivity index is 0.00000161. The molecule has 1 aliphatic rings. The van der Waals surface area contributed by atoms with Gasteiger partial charge in [-0.3, -0.25) is 0 Å². The lowest BCUT2D eigenvalue weighted by Gasteiger charge is -2.15. The van der Waals surface area contributed by atoms with Crippen molar-refractivity contribution in [2.24, 2.45) is 0 Å². The third-order valence-corrected chi connectivity index (χ3v) is 4.43. The minimum atomic E-state index is 0. The molecule has 2 heterocycles. The minimum absolute atomic E-state index is 0. The van der Waals surface area contributed by atoms with E-state index in [0.717, 1.165) is 45.8 Å². The smallest absolute Gasteiger partial charge is 0.188 e. The molecular formula is C15H17Cl2N3S. The first-order valence-electron chi connectivity index (χ1n) is 6.65. The third-order valence-electron chi connectivity index (χ3n) is 3.24. The van der Waals surface area contributed by atoms with Crippen LogP contribution in [0.2, 0.25) is 5.02 Å². The van der Waals surface area contributed by atoms with Gasteiger partial charge in [0.15, 0.2) is 5.13 Å². The summed E-state index contributed by atoms with van der Waals surface area (Å²) in [6, 6.07) is 6.00. The number of aryl methyl sites for hydroxylation is 1. The second-order valence-corrected chi connectivity index (χ2v) is 6.08. The van der Waals surface area contributed by atoms with Crippen LogP contribution in [0, 0.1) is 6.92 Å². The molecule has 0 aliphatic carbocycles. The van der Waals surface area contributed by atoms with E-state index in [9.17, 15) is 0 Å². The molecule has 0 amide bonds. The molecular weight excluding hydrogens is 325 g/mol. The summed E-state index contributed by atoms with van der Waals surface area (Å²) >= 11 is 7.67. The van der Waals surface area contributed by atoms with Crippen molar-refractivity contribution in [1.82, 2.24) is 10.3 Å². The van der Waals surface area contributed by atoms with Crippen LogP contribution in [-0.2, 0) is 0 Å². The molecule has 3 nitrogen and oxygen atoms in total. The standard InChI is InChI=1S/C15H16ClN3S.ClH/c1-10-8-11(5-6-12(10)16)13-9-20-15(18-13)19-14-4-2-3-7-17-14;/h4-6,8-9,17H,2-3,7H2,1H3,(H,18,19);1H. The fraction of sp³-hybridized carbons (Fsp3) is 0.267. The Morgan fingerprint density at radius 1 is 1.38 bits per heavy atom. The number of benzene rings is 1. The van der Waals surface area contributed by atoms with Crippen molar-refractivity contribution in [1.29, 1.82) is 0 Å². The van der Waals surface area contributed by atoms with Gasteiger partial charge in [-0.2, -0.15) is 0 Å². The largest absolute Gasteiger partial charge is 0.372 e. The average molecular weight is 342 g/mol. The molecule has 0 radical (unpaired) electrons. The van der Waals surface area contributed by atoms with Crippen LogP contribution in [0.3, 0.4) is 0 Å². The van der Waals surface area contributed by atoms with Crippen molar-refractivity contribution >= 4 is 40.5 Å². The van der Waals surface area contributed by atoms with Gasteiger partial charge in [0.05, 0.1) is 5.69 Å². The Morgan fingerprint density at radius 2 is 2.24 bits per heavy atom. The minimum Gasteiger partial charge on any atom is -0.372 e. The number of anilines is 1. The highest BCUT2D eigenvalue weighted by molar-refractivity contribution is 7.14. The lowest BCUT2D eigenvalue weighted by molar-refractivity contribution is 0.693. The van der Waals surface area contributed by atoms with Gasteiger partial charge in [-0.1, -0.05) is 17.7 Å². The summed E-state index contributed by atoms with van der Waals surface area (Å²) in [7, 11) is 0. The molecule has 0 saturated heterocycles. The van der Waals surface area contributed by atoms with Gasteiger partial charge < -0.3 is 10.6 Å². The zero-order valence-corrected chi connectivity index (χ0v) is 14.0. The van der Waals surface area contributed by atoms with E-state index < -0.39 is 0 Å². The Hall–Kier alpha value is -1.23. The highest BCUT2D eigenvalue weighted by atomic mass is 35.5. The van der Waals surface area contributed by atoms with E-state index in [-0.39, 0.29) is 12.4 Å². The number of hydrogen-bond donors (Lipinski definition) is 2. The maximum atomic E-state index is 6.06. The van der Waals surface area contributed by atoms with Gasteiger partial charge in [0.1, 0.15) is 5.82 Å². The quantitative estimate of drug-likeness (QED) is 0.839. The normalized spacial score (nSPS) is 13.9. The number of rotatable bonds is 3. The van der Waals surface area contributed by atoms with Gasteiger partial charge in [-0.15, -0.1) is 23.7 Å². The summed E-state index contributed by atoms with van der Waals surface area (Å²) < 4.78 is 0. The molecule has 0 fully saturated rings. The molecule has 1 aliphatic heterocycles. The number of nitrogens with one attached hydrogen (secondary N) is 2. The number of thiazole rings is 1. The zero-order valence-electron chi connectivity index (χ0n) is 11.6. The van der Waals surface area contributed by atoms with Crippen LogP contribution in [0.1, 0.15) is 18.4 Å². The van der Waals surface area contributed by atoms with Crippen molar-refractivity contribution < 1.29 is 0 Å². The predicted molar refractivity (Wildman–Crippen MR) is 93.5 cm³/mol. The Labute approximate surface area is 139 Å². The van der Waals surface area contributed by atoms with Gasteiger partial charge in [-0.05, 0) is 43.5 Å². The summed E-state index contributed by atoms with van der Waals surface area (Å²) in [5, 5.41) is 10.4. The Morgan fingerprint density at radius 3 is 2.95 bits per heavy atom. The molecule has 0 bridgehead atoms. The Kier molecular flexibility index (Phi) is 5.51. The van der Waals surface area contributed by atoms with Crippen LogP contribution in [0.4, 0.5) is 5.13 Å². The zero-order chi connectivity index (χ0) is 13.9. The first-order chi connectivity index (χ1) is 9.72. The summed E-state index contributed by atoms with van der Waals surface area (Å²) in [4.78, 5) is 4.63. The first-order valence-corrected chi connectivity index (χ1v) is 7.91. The number of allylic oxidation sites excluding steroid dienone is 1. The highest BCUT2D eigenvalue weighted by Crippen LogP contribution is 2.28. The molecule has 0 spiro atoms. The third kappa shape index (κ3) is 3.90. The van der Waals surface area contributed by atoms with Crippen LogP contribution < -0.4 is 10.6 Å². The molecule has 1 aromatic carbocycles. The lowest BCUT2D eigenvalue weighted by Crippen LogP contribution is -2.23. The molecule has 112 valence electrons. The number of halogens is 2. The topological polar surface area (TPSA) is 37.0 Å². The predicted octanol–water partition coefficient (Wildman–Crippen LogP) is 4.83. The molecule has 2 N–H and O–H groups in total. The second kappa shape index (κ2) is 7.16. The van der Waals surface area contributed by atoms with Gasteiger partial charge in [0.25, 0.3) is 0 Å². The summed E-state index contributed by atoms with van der Waals surface area (Å²) in [6.07, 6.45) is 4.49. The van der Waals surface area contributed by atoms with Gasteiger partial charge in [0.2, 0.25) is 0 Å². The van der Waals surface area contributed by atoms with Crippen molar-refractivity contribution in [2.45, 2.75) is 19.8 Å². The van der Waals surface area contributed by atoms with Crippen LogP contribution in [-0.4, -0.2) is 11.5 Å². The first kappa shape index (κ1) is 16.1. The summed E-state index contributed by atoms with van der Waals surface area (Å²) in [5.41, 5.74) is 3.15. The number of nitrogens with zero attached hydrogens (tertiary/aromatic N) is 1. The lowest BCUT2D eigenvalue weighted by atomic mass is 10.1. The van der Waals surface area contributed by atoms with E-state index in [1.165, 1.54) is 6.42 Å². The van der Waals surface area contributed by atoms with Gasteiger partial charge in [0, 0.05) is 22.5 Å². The molecule has 0 unspecified atom stereocenters. The van der Waals surface area contributed by atoms with E-state index in [1.807, 2.05) is 19.1 Å². The fourth-order valence-corrected chi connectivity index (χ4v) is 2.97. The van der Waals surface area contributed by atoms with Crippen LogP contribution in [0.15, 0.2) is 35.5 Å². The molecule has 3 rings (SSSR count). The monoisotopic (exact) mass is 341 g/mol. The maximum Gasteiger partial charge on any atom is 0.188 e. The number of hydrogen-bond acceptors (Lipinski definition) is 4. The van der Waals surface area contributed by atoms with Crippen molar-refractivity contribution in [3.05, 3.63) is 46.1 Å². The van der Waals surface area contributed by atoms with Crippen molar-refractivity contribution in [3.63, 3.8) is 0 Å². The number of aromatic nitrogens is 1. The van der Waals surface area contributed by atoms with Crippen LogP contribution in [0.5, 0.6) is 0 Å². The van der Waals surface area contributed by atoms with Crippen LogP contribution in [0.25, 0.3) is 11.3 Å². The fourth-order valence-electron chi connectivity index (χ4n) is 2.12. The summed E-state index contributed by atoms with van der Waals surface area (Å²) in [5.74, 6) is 1.06. The highest BCUT2D eigenvalue weighted by Gasteiger charge is 2.08. The molecule has 1 aromatic heterocycles. The van der Waals surface area contributed by atoms with Crippen LogP contribution >= 0.6 is 35.3 Å². The van der Waals surface area contributed by atoms with E-state index in [4.69, 9.17) is 11.6 Å². The SMILES string of the molecule is Cc1cc(-c2csc(NC3=CCCCN3)n2)ccc1Cl.Cl. The molecule has 6 heteroatoms.